The van der Waals surface area contributed by atoms with Crippen molar-refractivity contribution in [2.45, 2.75) is 23.2 Å². The molecule has 5 heteroatoms. The van der Waals surface area contributed by atoms with Gasteiger partial charge in [0.2, 0.25) is 0 Å². The van der Waals surface area contributed by atoms with Crippen LogP contribution in [0.3, 0.4) is 0 Å². The van der Waals surface area contributed by atoms with E-state index in [2.05, 4.69) is 4.98 Å². The van der Waals surface area contributed by atoms with Crippen LogP contribution in [0.25, 0.3) is 0 Å². The molecule has 0 aliphatic carbocycles. The molecule has 2 nitrogen and oxygen atoms in total. The Morgan fingerprint density at radius 2 is 2.00 bits per heavy atom. The van der Waals surface area contributed by atoms with E-state index in [1.807, 2.05) is 6.92 Å². The maximum absolute atomic E-state index is 13.9. The van der Waals surface area contributed by atoms with Crippen LogP contribution in [0.4, 0.5) is 4.39 Å². The highest BCUT2D eigenvalue weighted by Crippen LogP contribution is 2.39. The Hall–Kier alpha value is -1.10. The van der Waals surface area contributed by atoms with Crippen molar-refractivity contribution < 1.29 is 4.39 Å². The molecule has 19 heavy (non-hydrogen) atoms. The van der Waals surface area contributed by atoms with Gasteiger partial charge in [-0.25, -0.2) is 9.37 Å². The highest BCUT2D eigenvalue weighted by atomic mass is 35.5. The molecule has 2 aromatic rings. The molecule has 2 unspecified atom stereocenters. The topological polar surface area (TPSA) is 38.9 Å². The zero-order valence-electron chi connectivity index (χ0n) is 10.4. The third-order valence-corrected chi connectivity index (χ3v) is 4.56. The van der Waals surface area contributed by atoms with Gasteiger partial charge in [-0.05, 0) is 25.1 Å². The Labute approximate surface area is 121 Å². The number of rotatable bonds is 4. The van der Waals surface area contributed by atoms with Gasteiger partial charge in [-0.15, -0.1) is 0 Å². The fourth-order valence-corrected chi connectivity index (χ4v) is 3.07. The molecule has 1 aromatic heterocycles. The Morgan fingerprint density at radius 3 is 2.63 bits per heavy atom. The maximum Gasteiger partial charge on any atom is 0.127 e. The molecule has 2 atom stereocenters. The van der Waals surface area contributed by atoms with E-state index in [0.717, 1.165) is 0 Å². The minimum atomic E-state index is -0.260. The lowest BCUT2D eigenvalue weighted by Gasteiger charge is -2.21. The van der Waals surface area contributed by atoms with Gasteiger partial charge in [0.25, 0.3) is 0 Å². The van der Waals surface area contributed by atoms with Gasteiger partial charge < -0.3 is 5.73 Å². The molecule has 100 valence electrons. The number of halogens is 2. The van der Waals surface area contributed by atoms with Crippen molar-refractivity contribution in [2.75, 3.05) is 0 Å². The second-order valence-electron chi connectivity index (χ2n) is 4.21. The number of hydrogen-bond donors (Lipinski definition) is 1. The highest BCUT2D eigenvalue weighted by Gasteiger charge is 2.22. The monoisotopic (exact) mass is 296 g/mol. The normalized spacial score (nSPS) is 14.1. The van der Waals surface area contributed by atoms with E-state index >= 15 is 0 Å². The number of hydrogen-bond acceptors (Lipinski definition) is 3. The minimum Gasteiger partial charge on any atom is -0.327 e. The van der Waals surface area contributed by atoms with Gasteiger partial charge in [0, 0.05) is 17.8 Å². The third-order valence-electron chi connectivity index (χ3n) is 2.65. The molecule has 0 fully saturated rings. The molecule has 0 radical (unpaired) electrons. The third kappa shape index (κ3) is 3.47. The van der Waals surface area contributed by atoms with Crippen molar-refractivity contribution in [3.63, 3.8) is 0 Å². The molecule has 2 rings (SSSR count). The Morgan fingerprint density at radius 1 is 1.26 bits per heavy atom. The minimum absolute atomic E-state index is 0.222. The van der Waals surface area contributed by atoms with Crippen molar-refractivity contribution in [3.05, 3.63) is 59.0 Å². The Kier molecular flexibility index (Phi) is 4.80. The predicted molar refractivity (Wildman–Crippen MR) is 77.9 cm³/mol. The molecule has 0 bridgehead atoms. The molecule has 1 aromatic carbocycles. The van der Waals surface area contributed by atoms with E-state index in [0.29, 0.717) is 15.6 Å². The number of nitrogens with two attached hydrogens (primary N) is 1. The second-order valence-corrected chi connectivity index (χ2v) is 5.75. The summed E-state index contributed by atoms with van der Waals surface area (Å²) < 4.78 is 13.9. The summed E-state index contributed by atoms with van der Waals surface area (Å²) in [5.41, 5.74) is 6.55. The molecular formula is C14H14ClFN2S. The van der Waals surface area contributed by atoms with Gasteiger partial charge in [0.15, 0.2) is 0 Å². The van der Waals surface area contributed by atoms with Crippen LogP contribution in [0.5, 0.6) is 0 Å². The first kappa shape index (κ1) is 14.3. The molecule has 2 N–H and O–H groups in total. The predicted octanol–water partition coefficient (Wildman–Crippen LogP) is 4.05. The van der Waals surface area contributed by atoms with Crippen LogP contribution in [-0.4, -0.2) is 11.0 Å². The van der Waals surface area contributed by atoms with Gasteiger partial charge in [-0.1, -0.05) is 41.6 Å². The molecule has 0 amide bonds. The molecular weight excluding hydrogens is 283 g/mol. The fourth-order valence-electron chi connectivity index (χ4n) is 1.74. The van der Waals surface area contributed by atoms with Crippen LogP contribution in [0.15, 0.2) is 47.6 Å². The van der Waals surface area contributed by atoms with Crippen LogP contribution >= 0.6 is 23.4 Å². The molecule has 0 spiro atoms. The quantitative estimate of drug-likeness (QED) is 0.865. The molecule has 1 heterocycles. The van der Waals surface area contributed by atoms with E-state index in [4.69, 9.17) is 17.3 Å². The SMILES string of the molecule is CC(N)C(Sc1ncccc1Cl)c1ccccc1F. The summed E-state index contributed by atoms with van der Waals surface area (Å²) in [5.74, 6) is -0.260. The van der Waals surface area contributed by atoms with E-state index in [-0.39, 0.29) is 17.1 Å². The van der Waals surface area contributed by atoms with E-state index in [1.165, 1.54) is 17.8 Å². The molecule has 0 aliphatic rings. The molecule has 0 saturated carbocycles. The second kappa shape index (κ2) is 6.37. The number of aromatic nitrogens is 1. The summed E-state index contributed by atoms with van der Waals surface area (Å²) in [4.78, 5) is 4.21. The van der Waals surface area contributed by atoms with Gasteiger partial charge >= 0.3 is 0 Å². The highest BCUT2D eigenvalue weighted by molar-refractivity contribution is 7.99. The molecule has 0 saturated heterocycles. The Balaban J connectivity index is 2.33. The average Bonchev–Trinajstić information content (AvgIpc) is 2.38. The zero-order valence-corrected chi connectivity index (χ0v) is 12.0. The number of benzene rings is 1. The van der Waals surface area contributed by atoms with E-state index in [9.17, 15) is 4.39 Å². The fraction of sp³-hybridized carbons (Fsp3) is 0.214. The van der Waals surface area contributed by atoms with Gasteiger partial charge in [-0.3, -0.25) is 0 Å². The lowest BCUT2D eigenvalue weighted by atomic mass is 10.1. The van der Waals surface area contributed by atoms with Crippen LogP contribution in [0, 0.1) is 5.82 Å². The van der Waals surface area contributed by atoms with Gasteiger partial charge in [0.1, 0.15) is 10.8 Å². The van der Waals surface area contributed by atoms with E-state index < -0.39 is 0 Å². The Bertz CT molecular complexity index is 563. The summed E-state index contributed by atoms with van der Waals surface area (Å²) >= 11 is 7.46. The summed E-state index contributed by atoms with van der Waals surface area (Å²) in [7, 11) is 0. The van der Waals surface area contributed by atoms with Crippen LogP contribution < -0.4 is 5.73 Å². The largest absolute Gasteiger partial charge is 0.327 e. The van der Waals surface area contributed by atoms with Crippen LogP contribution in [0.2, 0.25) is 5.02 Å². The van der Waals surface area contributed by atoms with Crippen molar-refractivity contribution in [1.29, 1.82) is 0 Å². The first-order valence-electron chi connectivity index (χ1n) is 5.86. The molecule has 0 aliphatic heterocycles. The first-order chi connectivity index (χ1) is 9.09. The van der Waals surface area contributed by atoms with Gasteiger partial charge in [0.05, 0.1) is 10.3 Å². The van der Waals surface area contributed by atoms with E-state index in [1.54, 1.807) is 36.5 Å². The van der Waals surface area contributed by atoms with Crippen LogP contribution in [0.1, 0.15) is 17.7 Å². The summed E-state index contributed by atoms with van der Waals surface area (Å²) in [6.45, 7) is 1.85. The van der Waals surface area contributed by atoms with Crippen molar-refractivity contribution in [2.24, 2.45) is 5.73 Å². The lowest BCUT2D eigenvalue weighted by molar-refractivity contribution is 0.592. The van der Waals surface area contributed by atoms with Crippen molar-refractivity contribution in [1.82, 2.24) is 4.98 Å². The lowest BCUT2D eigenvalue weighted by Crippen LogP contribution is -2.23. The standard InChI is InChI=1S/C14H14ClFN2S/c1-9(17)13(10-5-2-3-7-12(10)16)19-14-11(15)6-4-8-18-14/h2-9,13H,17H2,1H3. The number of pyridine rings is 1. The summed E-state index contributed by atoms with van der Waals surface area (Å²) in [5, 5.41) is 0.984. The van der Waals surface area contributed by atoms with Crippen molar-refractivity contribution >= 4 is 23.4 Å². The smallest absolute Gasteiger partial charge is 0.127 e. The summed E-state index contributed by atoms with van der Waals surface area (Å²) in [6.07, 6.45) is 1.66. The summed E-state index contributed by atoms with van der Waals surface area (Å²) in [6, 6.07) is 9.94. The number of nitrogens with zero attached hydrogens (tertiary/aromatic N) is 1. The number of thioether (sulfide) groups is 1. The van der Waals surface area contributed by atoms with Crippen molar-refractivity contribution in [3.8, 4) is 0 Å². The van der Waals surface area contributed by atoms with Gasteiger partial charge in [-0.2, -0.15) is 0 Å². The van der Waals surface area contributed by atoms with Crippen LogP contribution in [-0.2, 0) is 0 Å². The maximum atomic E-state index is 13.9. The zero-order chi connectivity index (χ0) is 13.8. The first-order valence-corrected chi connectivity index (χ1v) is 7.12. The average molecular weight is 297 g/mol.